The van der Waals surface area contributed by atoms with Gasteiger partial charge in [-0.05, 0) is 36.2 Å². The van der Waals surface area contributed by atoms with Crippen LogP contribution < -0.4 is 10.2 Å². The van der Waals surface area contributed by atoms with Gasteiger partial charge < -0.3 is 9.88 Å². The molecule has 4 heterocycles. The number of pyridine rings is 1. The molecular formula is C22H20ClN7O2. The zero-order valence-electron chi connectivity index (χ0n) is 17.9. The van der Waals surface area contributed by atoms with Crippen molar-refractivity contribution in [2.45, 2.75) is 13.0 Å². The summed E-state index contributed by atoms with van der Waals surface area (Å²) in [6.45, 7) is 1.91. The number of carbonyl (C=O) groups is 2. The fourth-order valence-corrected chi connectivity index (χ4v) is 4.44. The molecule has 1 aromatic carbocycles. The van der Waals surface area contributed by atoms with E-state index < -0.39 is 6.04 Å². The number of nitrogens with one attached hydrogen (secondary N) is 1. The van der Waals surface area contributed by atoms with Gasteiger partial charge in [-0.2, -0.15) is 0 Å². The van der Waals surface area contributed by atoms with E-state index in [-0.39, 0.29) is 11.8 Å². The van der Waals surface area contributed by atoms with Crippen molar-refractivity contribution >= 4 is 40.4 Å². The third-order valence-electron chi connectivity index (χ3n) is 5.82. The number of carbonyl (C=O) groups excluding carboxylic acids is 2. The first-order valence-corrected chi connectivity index (χ1v) is 10.4. The van der Waals surface area contributed by atoms with Gasteiger partial charge in [-0.3, -0.25) is 14.5 Å². The Morgan fingerprint density at radius 2 is 1.91 bits per heavy atom. The molecule has 0 bridgehead atoms. The average molecular weight is 450 g/mol. The molecule has 1 atom stereocenters. The monoisotopic (exact) mass is 449 g/mol. The molecule has 2 amide bonds. The zero-order valence-corrected chi connectivity index (χ0v) is 18.7. The lowest BCUT2D eigenvalue weighted by Gasteiger charge is -2.26. The molecule has 0 fully saturated rings. The van der Waals surface area contributed by atoms with E-state index in [1.54, 1.807) is 42.0 Å². The Morgan fingerprint density at radius 1 is 1.19 bits per heavy atom. The number of anilines is 1. The fraction of sp³-hybridized carbons (Fsp3) is 0.227. The summed E-state index contributed by atoms with van der Waals surface area (Å²) in [5, 5.41) is 11.4. The molecule has 0 spiro atoms. The maximum absolute atomic E-state index is 13.8. The summed E-state index contributed by atoms with van der Waals surface area (Å²) >= 11 is 6.12. The standard InChI is InChI=1S/C22H20ClN7O2/c1-11-9-15(25-20-17(11)26-27-29(20)4)30-18(12-5-7-13(23)8-6-12)19-16(22(30)32)14(10-28(19)3)21(31)24-2/h5-10,18H,1-4H3,(H,24,31). The number of halogens is 1. The molecule has 5 rings (SSSR count). The van der Waals surface area contributed by atoms with Gasteiger partial charge in [0.15, 0.2) is 5.65 Å². The van der Waals surface area contributed by atoms with E-state index in [2.05, 4.69) is 15.6 Å². The van der Waals surface area contributed by atoms with Gasteiger partial charge in [-0.15, -0.1) is 5.10 Å². The van der Waals surface area contributed by atoms with Crippen molar-refractivity contribution in [3.05, 3.63) is 69.5 Å². The summed E-state index contributed by atoms with van der Waals surface area (Å²) in [5.41, 5.74) is 4.38. The number of benzene rings is 1. The first-order valence-electron chi connectivity index (χ1n) is 9.99. The highest BCUT2D eigenvalue weighted by Crippen LogP contribution is 2.43. The van der Waals surface area contributed by atoms with Crippen molar-refractivity contribution in [2.24, 2.45) is 14.1 Å². The molecule has 162 valence electrons. The first-order chi connectivity index (χ1) is 15.3. The average Bonchev–Trinajstić information content (AvgIpc) is 3.41. The normalized spacial score (nSPS) is 15.5. The topological polar surface area (TPSA) is 97.9 Å². The molecule has 10 heteroatoms. The number of fused-ring (bicyclic) bond motifs is 2. The van der Waals surface area contributed by atoms with Crippen molar-refractivity contribution in [1.82, 2.24) is 29.9 Å². The number of hydrogen-bond acceptors (Lipinski definition) is 5. The van der Waals surface area contributed by atoms with Crippen LogP contribution in [0, 0.1) is 6.92 Å². The lowest BCUT2D eigenvalue weighted by Crippen LogP contribution is -2.31. The summed E-state index contributed by atoms with van der Waals surface area (Å²) in [6.07, 6.45) is 1.69. The van der Waals surface area contributed by atoms with Gasteiger partial charge in [-0.1, -0.05) is 28.9 Å². The van der Waals surface area contributed by atoms with Crippen molar-refractivity contribution < 1.29 is 9.59 Å². The van der Waals surface area contributed by atoms with E-state index in [0.29, 0.717) is 33.1 Å². The molecule has 32 heavy (non-hydrogen) atoms. The van der Waals surface area contributed by atoms with Crippen LogP contribution in [0.1, 0.15) is 43.6 Å². The molecular weight excluding hydrogens is 430 g/mol. The van der Waals surface area contributed by atoms with Crippen LogP contribution >= 0.6 is 11.6 Å². The van der Waals surface area contributed by atoms with Gasteiger partial charge >= 0.3 is 0 Å². The highest BCUT2D eigenvalue weighted by Gasteiger charge is 2.44. The Morgan fingerprint density at radius 3 is 2.59 bits per heavy atom. The van der Waals surface area contributed by atoms with Gasteiger partial charge in [-0.25, -0.2) is 9.67 Å². The molecule has 1 unspecified atom stereocenters. The van der Waals surface area contributed by atoms with E-state index in [1.165, 1.54) is 0 Å². The summed E-state index contributed by atoms with van der Waals surface area (Å²) in [7, 11) is 5.13. The maximum atomic E-state index is 13.8. The van der Waals surface area contributed by atoms with Crippen LogP contribution in [0.15, 0.2) is 36.5 Å². The van der Waals surface area contributed by atoms with Crippen LogP contribution in [0.4, 0.5) is 5.82 Å². The minimum absolute atomic E-state index is 0.291. The van der Waals surface area contributed by atoms with E-state index in [9.17, 15) is 9.59 Å². The zero-order chi connectivity index (χ0) is 22.7. The largest absolute Gasteiger partial charge is 0.355 e. The van der Waals surface area contributed by atoms with Crippen molar-refractivity contribution in [1.29, 1.82) is 0 Å². The van der Waals surface area contributed by atoms with Crippen molar-refractivity contribution in [3.63, 3.8) is 0 Å². The molecule has 1 N–H and O–H groups in total. The molecule has 1 aliphatic heterocycles. The van der Waals surface area contributed by atoms with Gasteiger partial charge in [0, 0.05) is 32.4 Å². The summed E-state index contributed by atoms with van der Waals surface area (Å²) in [4.78, 5) is 32.7. The smallest absolute Gasteiger partial charge is 0.263 e. The molecule has 3 aromatic heterocycles. The molecule has 4 aromatic rings. The fourth-order valence-electron chi connectivity index (χ4n) is 4.31. The Hall–Kier alpha value is -3.72. The Bertz CT molecular complexity index is 1400. The molecule has 0 saturated heterocycles. The highest BCUT2D eigenvalue weighted by molar-refractivity contribution is 6.30. The van der Waals surface area contributed by atoms with Gasteiger partial charge in [0.25, 0.3) is 11.8 Å². The van der Waals surface area contributed by atoms with E-state index in [1.807, 2.05) is 36.7 Å². The number of aromatic nitrogens is 5. The van der Waals surface area contributed by atoms with Crippen LogP contribution in [0.2, 0.25) is 5.02 Å². The van der Waals surface area contributed by atoms with E-state index in [0.717, 1.165) is 16.8 Å². The van der Waals surface area contributed by atoms with E-state index in [4.69, 9.17) is 16.6 Å². The number of nitrogens with zero attached hydrogens (tertiary/aromatic N) is 6. The Balaban J connectivity index is 1.77. The van der Waals surface area contributed by atoms with Crippen LogP contribution in [-0.4, -0.2) is 43.4 Å². The second kappa shape index (κ2) is 7.16. The lowest BCUT2D eigenvalue weighted by atomic mass is 10.0. The second-order valence-corrected chi connectivity index (χ2v) is 8.24. The molecule has 0 saturated carbocycles. The van der Waals surface area contributed by atoms with Crippen LogP contribution in [0.25, 0.3) is 11.2 Å². The SMILES string of the molecule is CNC(=O)c1cn(C)c2c1C(=O)N(c1cc(C)c3nnn(C)c3n1)C2c1ccc(Cl)cc1. The molecule has 0 radical (unpaired) electrons. The van der Waals surface area contributed by atoms with Crippen LogP contribution in [0.5, 0.6) is 0 Å². The predicted molar refractivity (Wildman–Crippen MR) is 120 cm³/mol. The van der Waals surface area contributed by atoms with E-state index >= 15 is 0 Å². The van der Waals surface area contributed by atoms with Crippen LogP contribution in [0.3, 0.4) is 0 Å². The maximum Gasteiger partial charge on any atom is 0.263 e. The molecule has 0 aliphatic carbocycles. The Kier molecular flexibility index (Phi) is 4.52. The first kappa shape index (κ1) is 20.2. The summed E-state index contributed by atoms with van der Waals surface area (Å²) < 4.78 is 3.40. The quantitative estimate of drug-likeness (QED) is 0.518. The van der Waals surface area contributed by atoms with Gasteiger partial charge in [0.05, 0.1) is 16.8 Å². The summed E-state index contributed by atoms with van der Waals surface area (Å²) in [6, 6.07) is 8.67. The third-order valence-corrected chi connectivity index (χ3v) is 6.07. The predicted octanol–water partition coefficient (Wildman–Crippen LogP) is 2.77. The summed E-state index contributed by atoms with van der Waals surface area (Å²) in [5.74, 6) is -0.146. The van der Waals surface area contributed by atoms with Gasteiger partial charge in [0.2, 0.25) is 0 Å². The minimum atomic E-state index is -0.483. The number of hydrogen-bond donors (Lipinski definition) is 1. The number of rotatable bonds is 3. The second-order valence-electron chi connectivity index (χ2n) is 7.80. The van der Waals surface area contributed by atoms with Crippen LogP contribution in [-0.2, 0) is 14.1 Å². The third kappa shape index (κ3) is 2.81. The Labute approximate surface area is 188 Å². The number of aryl methyl sites for hydroxylation is 3. The highest BCUT2D eigenvalue weighted by atomic mass is 35.5. The van der Waals surface area contributed by atoms with Crippen molar-refractivity contribution in [2.75, 3.05) is 11.9 Å². The molecule has 1 aliphatic rings. The van der Waals surface area contributed by atoms with Crippen molar-refractivity contribution in [3.8, 4) is 0 Å². The number of amides is 2. The lowest BCUT2D eigenvalue weighted by molar-refractivity contribution is 0.0943. The minimum Gasteiger partial charge on any atom is -0.355 e. The molecule has 9 nitrogen and oxygen atoms in total. The van der Waals surface area contributed by atoms with Gasteiger partial charge in [0.1, 0.15) is 17.4 Å².